The van der Waals surface area contributed by atoms with Crippen LogP contribution in [0.1, 0.15) is 24.9 Å². The minimum absolute atomic E-state index is 0.150. The lowest BCUT2D eigenvalue weighted by molar-refractivity contribution is 0.184. The van der Waals surface area contributed by atoms with Gasteiger partial charge < -0.3 is 15.2 Å². The molecule has 2 aliphatic heterocycles. The molecular formula is C26H25FN10O2. The molecule has 39 heavy (non-hydrogen) atoms. The van der Waals surface area contributed by atoms with Gasteiger partial charge in [0.2, 0.25) is 0 Å². The van der Waals surface area contributed by atoms with E-state index in [0.29, 0.717) is 36.5 Å². The highest BCUT2D eigenvalue weighted by molar-refractivity contribution is 5.76. The fourth-order valence-corrected chi connectivity index (χ4v) is 5.06. The Morgan fingerprint density at radius 3 is 2.31 bits per heavy atom. The molecule has 2 aliphatic rings. The minimum atomic E-state index is -0.476. The van der Waals surface area contributed by atoms with Crippen LogP contribution in [0.2, 0.25) is 0 Å². The van der Waals surface area contributed by atoms with Crippen molar-refractivity contribution >= 4 is 5.82 Å². The van der Waals surface area contributed by atoms with Gasteiger partial charge in [-0.25, -0.2) is 9.37 Å². The Morgan fingerprint density at radius 2 is 1.59 bits per heavy atom. The molecule has 2 N–H and O–H groups in total. The zero-order chi connectivity index (χ0) is 26.3. The highest BCUT2D eigenvalue weighted by Crippen LogP contribution is 2.33. The molecule has 6 heterocycles. The normalized spacial score (nSPS) is 19.2. The molecule has 2 saturated heterocycles. The van der Waals surface area contributed by atoms with Crippen LogP contribution in [-0.4, -0.2) is 71.2 Å². The maximum Gasteiger partial charge on any atom is 0.190 e. The number of rotatable bonds is 6. The maximum atomic E-state index is 16.0. The predicted octanol–water partition coefficient (Wildman–Crippen LogP) is 3.10. The molecule has 12 nitrogen and oxygen atoms in total. The van der Waals surface area contributed by atoms with Gasteiger partial charge in [-0.1, -0.05) is 12.1 Å². The molecule has 0 bridgehead atoms. The smallest absolute Gasteiger partial charge is 0.190 e. The highest BCUT2D eigenvalue weighted by atomic mass is 19.1. The lowest BCUT2D eigenvalue weighted by Gasteiger charge is -2.11. The summed E-state index contributed by atoms with van der Waals surface area (Å²) in [5, 5.41) is 21.0. The summed E-state index contributed by atoms with van der Waals surface area (Å²) in [5.41, 5.74) is 9.63. The molecule has 198 valence electrons. The van der Waals surface area contributed by atoms with Crippen LogP contribution in [-0.2, 0) is 9.47 Å². The number of pyridine rings is 1. The first-order chi connectivity index (χ1) is 19.2. The summed E-state index contributed by atoms with van der Waals surface area (Å²) in [7, 11) is 0. The first kappa shape index (κ1) is 23.6. The molecule has 2 unspecified atom stereocenters. The average Bonchev–Trinajstić information content (AvgIpc) is 3.79. The van der Waals surface area contributed by atoms with Gasteiger partial charge >= 0.3 is 0 Å². The molecule has 13 heteroatoms. The fraction of sp³-hybridized carbons (Fsp3) is 0.308. The second kappa shape index (κ2) is 9.67. The number of anilines is 1. The molecule has 5 aromatic rings. The Hall–Kier alpha value is -4.49. The average molecular weight is 529 g/mol. The minimum Gasteiger partial charge on any atom is -0.383 e. The number of tetrazole rings is 1. The van der Waals surface area contributed by atoms with Crippen LogP contribution in [0, 0.1) is 5.82 Å². The molecular weight excluding hydrogens is 503 g/mol. The summed E-state index contributed by atoms with van der Waals surface area (Å²) in [6.07, 6.45) is 10.7. The first-order valence-corrected chi connectivity index (χ1v) is 12.7. The van der Waals surface area contributed by atoms with E-state index in [9.17, 15) is 0 Å². The number of halogens is 1. The van der Waals surface area contributed by atoms with Crippen LogP contribution in [0.3, 0.4) is 0 Å². The summed E-state index contributed by atoms with van der Waals surface area (Å²) < 4.78 is 32.0. The molecule has 7 rings (SSSR count). The Bertz CT molecular complexity index is 1610. The van der Waals surface area contributed by atoms with Crippen molar-refractivity contribution in [3.63, 3.8) is 0 Å². The van der Waals surface area contributed by atoms with E-state index in [1.54, 1.807) is 36.8 Å². The molecule has 0 saturated carbocycles. The van der Waals surface area contributed by atoms with E-state index in [-0.39, 0.29) is 29.4 Å². The fourth-order valence-electron chi connectivity index (χ4n) is 5.06. The largest absolute Gasteiger partial charge is 0.383 e. The number of nitrogen functional groups attached to an aromatic ring is 1. The molecule has 0 radical (unpaired) electrons. The predicted molar refractivity (Wildman–Crippen MR) is 138 cm³/mol. The lowest BCUT2D eigenvalue weighted by Crippen LogP contribution is -2.08. The van der Waals surface area contributed by atoms with E-state index in [0.717, 1.165) is 30.6 Å². The van der Waals surface area contributed by atoms with Crippen LogP contribution in [0.4, 0.5) is 10.2 Å². The molecule has 4 aromatic heterocycles. The Morgan fingerprint density at radius 1 is 0.872 bits per heavy atom. The van der Waals surface area contributed by atoms with Crippen LogP contribution in [0.5, 0.6) is 0 Å². The van der Waals surface area contributed by atoms with Gasteiger partial charge in [0, 0.05) is 54.1 Å². The second-order valence-electron chi connectivity index (χ2n) is 9.66. The molecule has 0 spiro atoms. The topological polar surface area (TPSA) is 137 Å². The third kappa shape index (κ3) is 4.25. The highest BCUT2D eigenvalue weighted by Gasteiger charge is 2.23. The van der Waals surface area contributed by atoms with E-state index in [4.69, 9.17) is 15.2 Å². The van der Waals surface area contributed by atoms with Crippen LogP contribution in [0.15, 0.2) is 55.2 Å². The summed E-state index contributed by atoms with van der Waals surface area (Å²) >= 11 is 0. The van der Waals surface area contributed by atoms with Gasteiger partial charge in [-0.3, -0.25) is 9.36 Å². The van der Waals surface area contributed by atoms with Gasteiger partial charge in [0.25, 0.3) is 0 Å². The third-order valence-electron chi connectivity index (χ3n) is 7.24. The van der Waals surface area contributed by atoms with E-state index < -0.39 is 5.82 Å². The maximum absolute atomic E-state index is 16.0. The zero-order valence-corrected chi connectivity index (χ0v) is 20.9. The second-order valence-corrected chi connectivity index (χ2v) is 9.66. The number of ether oxygens (including phenoxy) is 2. The van der Waals surface area contributed by atoms with E-state index in [1.807, 2.05) is 27.8 Å². The Labute approximate surface area is 222 Å². The van der Waals surface area contributed by atoms with Gasteiger partial charge in [-0.05, 0) is 35.4 Å². The summed E-state index contributed by atoms with van der Waals surface area (Å²) in [6.45, 7) is 2.66. The third-order valence-corrected chi connectivity index (χ3v) is 7.24. The van der Waals surface area contributed by atoms with Crippen molar-refractivity contribution in [1.82, 2.24) is 44.8 Å². The van der Waals surface area contributed by atoms with Crippen molar-refractivity contribution in [2.45, 2.75) is 24.9 Å². The zero-order valence-electron chi connectivity index (χ0n) is 20.9. The number of hydrogen-bond donors (Lipinski definition) is 1. The molecule has 0 aliphatic carbocycles. The van der Waals surface area contributed by atoms with Crippen molar-refractivity contribution in [2.75, 3.05) is 32.2 Å². The van der Waals surface area contributed by atoms with E-state index >= 15 is 4.39 Å². The van der Waals surface area contributed by atoms with Crippen molar-refractivity contribution in [3.8, 4) is 39.3 Å². The van der Waals surface area contributed by atoms with Gasteiger partial charge in [0.1, 0.15) is 11.5 Å². The summed E-state index contributed by atoms with van der Waals surface area (Å²) in [5.74, 6) is 0.0207. The van der Waals surface area contributed by atoms with Crippen LogP contribution < -0.4 is 5.73 Å². The van der Waals surface area contributed by atoms with E-state index in [2.05, 4.69) is 30.7 Å². The molecule has 2 atom stereocenters. The van der Waals surface area contributed by atoms with Crippen molar-refractivity contribution in [1.29, 1.82) is 0 Å². The quantitative estimate of drug-likeness (QED) is 0.352. The van der Waals surface area contributed by atoms with Gasteiger partial charge in [-0.2, -0.15) is 14.9 Å². The van der Waals surface area contributed by atoms with Gasteiger partial charge in [0.05, 0.1) is 43.3 Å². The number of nitrogens with zero attached hydrogens (tertiary/aromatic N) is 9. The standard InChI is InChI=1S/C26H25FN10O2/c27-24-21(18-11-31-36(13-18)20-5-7-39-15-20)2-1-3-23(24)37-26(32-33-34-37)22-8-16(9-29-25(22)28)17-10-30-35(12-17)19-4-6-38-14-19/h1-3,8-13,19-20H,4-7,14-15H2,(H2,28,29). The van der Waals surface area contributed by atoms with Crippen LogP contribution in [0.25, 0.3) is 39.3 Å². The number of hydrogen-bond acceptors (Lipinski definition) is 9. The number of nitrogens with two attached hydrogens (primary N) is 1. The Kier molecular flexibility index (Phi) is 5.86. The number of aromatic nitrogens is 9. The van der Waals surface area contributed by atoms with Gasteiger partial charge in [0.15, 0.2) is 11.6 Å². The monoisotopic (exact) mass is 528 g/mol. The molecule has 1 aromatic carbocycles. The lowest BCUT2D eigenvalue weighted by atomic mass is 10.1. The van der Waals surface area contributed by atoms with Crippen molar-refractivity contribution < 1.29 is 13.9 Å². The molecule has 0 amide bonds. The summed E-state index contributed by atoms with van der Waals surface area (Å²) in [6, 6.07) is 7.29. The Balaban J connectivity index is 1.23. The van der Waals surface area contributed by atoms with Gasteiger partial charge in [-0.15, -0.1) is 5.10 Å². The SMILES string of the molecule is Nc1ncc(-c2cnn(C3CCOC3)c2)cc1-c1nnnn1-c1cccc(-c2cnn(C3CCOC3)c2)c1F. The van der Waals surface area contributed by atoms with E-state index in [1.165, 1.54) is 4.68 Å². The molecule has 2 fully saturated rings. The van der Waals surface area contributed by atoms with Crippen LogP contribution >= 0.6 is 0 Å². The first-order valence-electron chi connectivity index (χ1n) is 12.7. The van der Waals surface area contributed by atoms with Crippen molar-refractivity contribution in [2.24, 2.45) is 0 Å². The number of benzene rings is 1. The summed E-state index contributed by atoms with van der Waals surface area (Å²) in [4.78, 5) is 4.37. The van der Waals surface area contributed by atoms with Crippen molar-refractivity contribution in [3.05, 3.63) is 61.1 Å².